The molecule has 9 heteroatoms. The lowest BCUT2D eigenvalue weighted by Gasteiger charge is -2.29. The van der Waals surface area contributed by atoms with Crippen molar-refractivity contribution in [3.63, 3.8) is 0 Å². The molecule has 3 aromatic carbocycles. The van der Waals surface area contributed by atoms with E-state index < -0.39 is 27.8 Å². The molecule has 2 unspecified atom stereocenters. The molecule has 0 bridgehead atoms. The minimum atomic E-state index is -3.96. The summed E-state index contributed by atoms with van der Waals surface area (Å²) in [5.74, 6) is -0.975. The molecule has 0 radical (unpaired) electrons. The molecule has 4 rings (SSSR count). The van der Waals surface area contributed by atoms with E-state index in [1.807, 2.05) is 20.0 Å². The Morgan fingerprint density at radius 2 is 1.74 bits per heavy atom. The van der Waals surface area contributed by atoms with Crippen molar-refractivity contribution >= 4 is 44.0 Å². The molecule has 0 spiro atoms. The number of amides is 1. The largest absolute Gasteiger partial charge is 0.308 e. The van der Waals surface area contributed by atoms with E-state index in [4.69, 9.17) is 11.6 Å². The highest BCUT2D eigenvalue weighted by Gasteiger charge is 2.37. The van der Waals surface area contributed by atoms with Crippen LogP contribution in [0.15, 0.2) is 59.5 Å². The lowest BCUT2D eigenvalue weighted by molar-refractivity contribution is -0.118. The van der Waals surface area contributed by atoms with Gasteiger partial charge in [-0.3, -0.25) is 9.69 Å². The van der Waals surface area contributed by atoms with E-state index in [9.17, 15) is 13.2 Å². The zero-order valence-corrected chi connectivity index (χ0v) is 21.7. The molecule has 1 heterocycles. The molecule has 35 heavy (non-hydrogen) atoms. The normalized spacial score (nSPS) is 17.7. The van der Waals surface area contributed by atoms with Crippen molar-refractivity contribution in [1.29, 1.82) is 0 Å². The maximum Gasteiger partial charge on any atom is 0.245 e. The summed E-state index contributed by atoms with van der Waals surface area (Å²) in [4.78, 5) is 16.5. The molecule has 0 aliphatic carbocycles. The highest BCUT2D eigenvalue weighted by molar-refractivity contribution is 7.89. The van der Waals surface area contributed by atoms with Crippen LogP contribution in [0.3, 0.4) is 0 Å². The summed E-state index contributed by atoms with van der Waals surface area (Å²) in [5, 5.41) is 2.09. The van der Waals surface area contributed by atoms with Crippen LogP contribution in [0.1, 0.15) is 38.8 Å². The number of nitrogens with zero attached hydrogens (tertiary/aromatic N) is 2. The molecular formula is C26H29ClFN3O3S. The van der Waals surface area contributed by atoms with Gasteiger partial charge in [0.05, 0.1) is 10.6 Å². The molecule has 0 saturated carbocycles. The van der Waals surface area contributed by atoms with E-state index in [-0.39, 0.29) is 29.6 Å². The summed E-state index contributed by atoms with van der Waals surface area (Å²) in [5.41, 5.74) is 0.964. The number of sulfonamides is 1. The monoisotopic (exact) mass is 517 g/mol. The van der Waals surface area contributed by atoms with E-state index in [1.54, 1.807) is 36.4 Å². The quantitative estimate of drug-likeness (QED) is 0.472. The van der Waals surface area contributed by atoms with Crippen molar-refractivity contribution in [2.24, 2.45) is 0 Å². The van der Waals surface area contributed by atoms with Crippen molar-refractivity contribution in [2.75, 3.05) is 18.5 Å². The van der Waals surface area contributed by atoms with Crippen LogP contribution in [-0.2, 0) is 14.8 Å². The maximum atomic E-state index is 15.0. The van der Waals surface area contributed by atoms with Gasteiger partial charge in [0.2, 0.25) is 15.9 Å². The average molecular weight is 518 g/mol. The zero-order chi connectivity index (χ0) is 25.5. The second kappa shape index (κ2) is 9.85. The third-order valence-electron chi connectivity index (χ3n) is 6.76. The van der Waals surface area contributed by atoms with E-state index in [2.05, 4.69) is 23.5 Å². The van der Waals surface area contributed by atoms with E-state index >= 15 is 4.39 Å². The van der Waals surface area contributed by atoms with Gasteiger partial charge in [0.25, 0.3) is 0 Å². The van der Waals surface area contributed by atoms with Crippen LogP contribution in [0.5, 0.6) is 0 Å². The van der Waals surface area contributed by atoms with E-state index in [0.717, 1.165) is 16.3 Å². The maximum absolute atomic E-state index is 15.0. The number of carbonyl (C=O) groups is 1. The van der Waals surface area contributed by atoms with Gasteiger partial charge < -0.3 is 4.90 Å². The Morgan fingerprint density at radius 1 is 1.06 bits per heavy atom. The average Bonchev–Trinajstić information content (AvgIpc) is 3.16. The van der Waals surface area contributed by atoms with Crippen LogP contribution < -0.4 is 9.62 Å². The first kappa shape index (κ1) is 25.6. The second-order valence-corrected chi connectivity index (χ2v) is 11.4. The minimum absolute atomic E-state index is 0.00497. The molecule has 1 saturated heterocycles. The first-order valence-corrected chi connectivity index (χ1v) is 13.4. The summed E-state index contributed by atoms with van der Waals surface area (Å²) in [7, 11) is -1.98. The molecule has 1 aliphatic rings. The predicted octanol–water partition coefficient (Wildman–Crippen LogP) is 5.12. The number of hydrogen-bond donors (Lipinski definition) is 1. The molecule has 0 aromatic heterocycles. The number of rotatable bonds is 7. The third-order valence-corrected chi connectivity index (χ3v) is 8.46. The van der Waals surface area contributed by atoms with Crippen LogP contribution in [0.4, 0.5) is 10.1 Å². The fourth-order valence-corrected chi connectivity index (χ4v) is 5.77. The number of hydrogen-bond acceptors (Lipinski definition) is 4. The lowest BCUT2D eigenvalue weighted by atomic mass is 10.0. The number of benzene rings is 3. The number of fused-ring (bicyclic) bond motifs is 1. The number of nitrogens with one attached hydrogen (secondary N) is 1. The van der Waals surface area contributed by atoms with Crippen LogP contribution >= 0.6 is 11.6 Å². The van der Waals surface area contributed by atoms with Gasteiger partial charge in [0.15, 0.2) is 0 Å². The molecule has 1 amide bonds. The molecule has 3 aromatic rings. The first-order chi connectivity index (χ1) is 16.5. The van der Waals surface area contributed by atoms with Crippen LogP contribution in [0, 0.1) is 5.82 Å². The van der Waals surface area contributed by atoms with Crippen molar-refractivity contribution in [3.8, 4) is 0 Å². The topological polar surface area (TPSA) is 69.7 Å². The molecule has 6 nitrogen and oxygen atoms in total. The molecule has 1 N–H and O–H groups in total. The Hall–Kier alpha value is -2.52. The van der Waals surface area contributed by atoms with Crippen molar-refractivity contribution in [3.05, 3.63) is 71.0 Å². The van der Waals surface area contributed by atoms with Crippen LogP contribution in [0.2, 0.25) is 5.02 Å². The SMILES string of the molecule is CC(C)N(C)C(C)c1ccc(N2CCC(NS(=O)(=O)c3ccc4cc(Cl)ccc4c3)C2=O)c(F)c1. The summed E-state index contributed by atoms with van der Waals surface area (Å²) < 4.78 is 43.6. The number of anilines is 1. The lowest BCUT2D eigenvalue weighted by Crippen LogP contribution is -2.41. The van der Waals surface area contributed by atoms with Crippen molar-refractivity contribution < 1.29 is 17.6 Å². The van der Waals surface area contributed by atoms with Gasteiger partial charge in [0.1, 0.15) is 11.9 Å². The molecule has 2 atom stereocenters. The van der Waals surface area contributed by atoms with Gasteiger partial charge in [0, 0.05) is 23.7 Å². The van der Waals surface area contributed by atoms with Crippen molar-refractivity contribution in [2.45, 2.75) is 50.2 Å². The van der Waals surface area contributed by atoms with Gasteiger partial charge in [-0.2, -0.15) is 4.72 Å². The fourth-order valence-electron chi connectivity index (χ4n) is 4.33. The first-order valence-electron chi connectivity index (χ1n) is 11.5. The predicted molar refractivity (Wildman–Crippen MR) is 138 cm³/mol. The highest BCUT2D eigenvalue weighted by Crippen LogP contribution is 2.30. The van der Waals surface area contributed by atoms with Gasteiger partial charge in [-0.15, -0.1) is 0 Å². The van der Waals surface area contributed by atoms with E-state index in [0.29, 0.717) is 11.1 Å². The Kier molecular flexibility index (Phi) is 7.20. The minimum Gasteiger partial charge on any atom is -0.308 e. The molecule has 1 aliphatic heterocycles. The number of carbonyl (C=O) groups excluding carboxylic acids is 1. The van der Waals surface area contributed by atoms with Crippen LogP contribution in [0.25, 0.3) is 10.8 Å². The summed E-state index contributed by atoms with van der Waals surface area (Å²) in [6.07, 6.45) is 0.245. The van der Waals surface area contributed by atoms with Crippen molar-refractivity contribution in [1.82, 2.24) is 9.62 Å². The van der Waals surface area contributed by atoms with Gasteiger partial charge in [-0.25, -0.2) is 12.8 Å². The second-order valence-electron chi connectivity index (χ2n) is 9.25. The Bertz CT molecular complexity index is 1380. The summed E-state index contributed by atoms with van der Waals surface area (Å²) in [6.45, 7) is 6.36. The Balaban J connectivity index is 1.51. The van der Waals surface area contributed by atoms with E-state index in [1.165, 1.54) is 17.0 Å². The molecular weight excluding hydrogens is 489 g/mol. The third kappa shape index (κ3) is 5.21. The van der Waals surface area contributed by atoms with Crippen LogP contribution in [-0.4, -0.2) is 44.9 Å². The van der Waals surface area contributed by atoms with Gasteiger partial charge >= 0.3 is 0 Å². The van der Waals surface area contributed by atoms with Gasteiger partial charge in [-0.1, -0.05) is 29.8 Å². The Morgan fingerprint density at radius 3 is 2.43 bits per heavy atom. The highest BCUT2D eigenvalue weighted by atomic mass is 35.5. The zero-order valence-electron chi connectivity index (χ0n) is 20.1. The fraction of sp³-hybridized carbons (Fsp3) is 0.346. The smallest absolute Gasteiger partial charge is 0.245 e. The molecule has 1 fully saturated rings. The number of halogens is 2. The molecule has 186 valence electrons. The summed E-state index contributed by atoms with van der Waals surface area (Å²) in [6, 6.07) is 14.1. The van der Waals surface area contributed by atoms with Gasteiger partial charge in [-0.05, 0) is 87.0 Å². The standard InChI is InChI=1S/C26H29ClFN3O3S/c1-16(2)30(4)17(3)18-7-10-25(23(28)15-18)31-12-11-24(26(31)32)29-35(33,34)22-9-6-19-13-21(27)8-5-20(19)14-22/h5-10,13-17,24,29H,11-12H2,1-4H3. The Labute approximate surface area is 210 Å². The summed E-state index contributed by atoms with van der Waals surface area (Å²) >= 11 is 6.00.